The Kier molecular flexibility index (Phi) is 3.82. The summed E-state index contributed by atoms with van der Waals surface area (Å²) in [5.74, 6) is -0.849. The molecule has 88 valence electrons. The van der Waals surface area contributed by atoms with Gasteiger partial charge in [0, 0.05) is 10.1 Å². The lowest BCUT2D eigenvalue weighted by atomic mass is 9.97. The summed E-state index contributed by atoms with van der Waals surface area (Å²) in [6.45, 7) is 0. The predicted molar refractivity (Wildman–Crippen MR) is 60.5 cm³/mol. The summed E-state index contributed by atoms with van der Waals surface area (Å²) in [5, 5.41) is 9.74. The molecule has 4 heteroatoms. The van der Waals surface area contributed by atoms with E-state index in [0.29, 0.717) is 4.90 Å². The summed E-state index contributed by atoms with van der Waals surface area (Å²) >= 11 is 1.25. The van der Waals surface area contributed by atoms with Crippen LogP contribution in [0, 0.1) is 11.6 Å². The van der Waals surface area contributed by atoms with E-state index in [2.05, 4.69) is 0 Å². The SMILES string of the molecule is OC1CCCCC1Sc1cc(F)ccc1F. The van der Waals surface area contributed by atoms with Gasteiger partial charge < -0.3 is 5.11 Å². The van der Waals surface area contributed by atoms with E-state index in [4.69, 9.17) is 0 Å². The van der Waals surface area contributed by atoms with E-state index in [-0.39, 0.29) is 5.25 Å². The highest BCUT2D eigenvalue weighted by Gasteiger charge is 2.24. The highest BCUT2D eigenvalue weighted by atomic mass is 32.2. The largest absolute Gasteiger partial charge is 0.392 e. The number of thioether (sulfide) groups is 1. The Balaban J connectivity index is 2.10. The first-order chi connectivity index (χ1) is 7.66. The van der Waals surface area contributed by atoms with Crippen molar-refractivity contribution in [2.45, 2.75) is 41.9 Å². The molecule has 0 bridgehead atoms. The highest BCUT2D eigenvalue weighted by molar-refractivity contribution is 8.00. The zero-order valence-corrected chi connectivity index (χ0v) is 9.64. The Morgan fingerprint density at radius 3 is 2.69 bits per heavy atom. The van der Waals surface area contributed by atoms with Crippen molar-refractivity contribution in [3.05, 3.63) is 29.8 Å². The average molecular weight is 244 g/mol. The molecule has 1 aromatic carbocycles. The monoisotopic (exact) mass is 244 g/mol. The quantitative estimate of drug-likeness (QED) is 0.860. The fraction of sp³-hybridized carbons (Fsp3) is 0.500. The van der Waals surface area contributed by atoms with Crippen LogP contribution in [0.25, 0.3) is 0 Å². The average Bonchev–Trinajstić information content (AvgIpc) is 2.27. The lowest BCUT2D eigenvalue weighted by Gasteiger charge is -2.27. The first-order valence-electron chi connectivity index (χ1n) is 5.46. The fourth-order valence-corrected chi connectivity index (χ4v) is 3.21. The number of rotatable bonds is 2. The third-order valence-corrected chi connectivity index (χ3v) is 4.26. The molecule has 16 heavy (non-hydrogen) atoms. The molecule has 0 spiro atoms. The lowest BCUT2D eigenvalue weighted by molar-refractivity contribution is 0.137. The third kappa shape index (κ3) is 2.74. The molecule has 2 unspecified atom stereocenters. The maximum Gasteiger partial charge on any atom is 0.136 e. The van der Waals surface area contributed by atoms with Gasteiger partial charge in [-0.3, -0.25) is 0 Å². The van der Waals surface area contributed by atoms with Crippen molar-refractivity contribution in [1.29, 1.82) is 0 Å². The van der Waals surface area contributed by atoms with Gasteiger partial charge in [0.05, 0.1) is 6.10 Å². The first kappa shape index (κ1) is 11.9. The van der Waals surface area contributed by atoms with E-state index >= 15 is 0 Å². The van der Waals surface area contributed by atoms with Crippen molar-refractivity contribution < 1.29 is 13.9 Å². The standard InChI is InChI=1S/C12H14F2OS/c13-8-5-6-9(14)12(7-8)16-11-4-2-1-3-10(11)15/h5-7,10-11,15H,1-4H2. The van der Waals surface area contributed by atoms with E-state index in [1.54, 1.807) is 0 Å². The summed E-state index contributed by atoms with van der Waals surface area (Å²) in [6.07, 6.45) is 3.28. The van der Waals surface area contributed by atoms with Crippen LogP contribution < -0.4 is 0 Å². The minimum absolute atomic E-state index is 0.00921. The van der Waals surface area contributed by atoms with Crippen LogP contribution in [0.1, 0.15) is 25.7 Å². The van der Waals surface area contributed by atoms with Crippen LogP contribution in [0.15, 0.2) is 23.1 Å². The van der Waals surface area contributed by atoms with Crippen LogP contribution >= 0.6 is 11.8 Å². The molecule has 0 amide bonds. The molecule has 1 aromatic rings. The molecule has 2 rings (SSSR count). The maximum absolute atomic E-state index is 13.4. The van der Waals surface area contributed by atoms with Gasteiger partial charge in [-0.2, -0.15) is 0 Å². The number of halogens is 2. The Labute approximate surface area is 97.9 Å². The van der Waals surface area contributed by atoms with Gasteiger partial charge in [-0.1, -0.05) is 12.8 Å². The second-order valence-corrected chi connectivity index (χ2v) is 5.36. The molecule has 2 atom stereocenters. The van der Waals surface area contributed by atoms with Gasteiger partial charge in [-0.15, -0.1) is 11.8 Å². The van der Waals surface area contributed by atoms with E-state index in [0.717, 1.165) is 37.8 Å². The van der Waals surface area contributed by atoms with Gasteiger partial charge in [0.25, 0.3) is 0 Å². The predicted octanol–water partition coefficient (Wildman–Crippen LogP) is 3.36. The minimum Gasteiger partial charge on any atom is -0.392 e. The van der Waals surface area contributed by atoms with Crippen LogP contribution in [0.5, 0.6) is 0 Å². The van der Waals surface area contributed by atoms with Crippen LogP contribution in [-0.4, -0.2) is 16.5 Å². The molecule has 1 nitrogen and oxygen atoms in total. The number of aliphatic hydroxyl groups excluding tert-OH is 1. The number of benzene rings is 1. The van der Waals surface area contributed by atoms with Gasteiger partial charge in [0.15, 0.2) is 0 Å². The number of hydrogen-bond donors (Lipinski definition) is 1. The first-order valence-corrected chi connectivity index (χ1v) is 6.34. The van der Waals surface area contributed by atoms with Gasteiger partial charge >= 0.3 is 0 Å². The van der Waals surface area contributed by atoms with Crippen molar-refractivity contribution in [1.82, 2.24) is 0 Å². The second kappa shape index (κ2) is 5.15. The topological polar surface area (TPSA) is 20.2 Å². The third-order valence-electron chi connectivity index (χ3n) is 2.84. The van der Waals surface area contributed by atoms with Crippen molar-refractivity contribution in [2.75, 3.05) is 0 Å². The molecule has 1 saturated carbocycles. The van der Waals surface area contributed by atoms with Gasteiger partial charge in [-0.05, 0) is 31.0 Å². The molecule has 0 aliphatic heterocycles. The Morgan fingerprint density at radius 2 is 1.94 bits per heavy atom. The van der Waals surface area contributed by atoms with Gasteiger partial charge in [0.1, 0.15) is 11.6 Å². The molecule has 1 aliphatic carbocycles. The van der Waals surface area contributed by atoms with Crippen molar-refractivity contribution >= 4 is 11.8 Å². The zero-order chi connectivity index (χ0) is 11.5. The van der Waals surface area contributed by atoms with Crippen molar-refractivity contribution in [2.24, 2.45) is 0 Å². The van der Waals surface area contributed by atoms with Crippen LogP contribution in [0.4, 0.5) is 8.78 Å². The van der Waals surface area contributed by atoms with Crippen molar-refractivity contribution in [3.63, 3.8) is 0 Å². The number of hydrogen-bond acceptors (Lipinski definition) is 2. The smallest absolute Gasteiger partial charge is 0.136 e. The molecule has 0 radical (unpaired) electrons. The van der Waals surface area contributed by atoms with E-state index in [1.807, 2.05) is 0 Å². The van der Waals surface area contributed by atoms with Crippen LogP contribution in [0.3, 0.4) is 0 Å². The second-order valence-electron chi connectivity index (χ2n) is 4.08. The molecule has 1 fully saturated rings. The highest BCUT2D eigenvalue weighted by Crippen LogP contribution is 2.35. The molecular formula is C12H14F2OS. The Morgan fingerprint density at radius 1 is 1.19 bits per heavy atom. The Hall–Kier alpha value is -0.610. The molecule has 1 N–H and O–H groups in total. The summed E-state index contributed by atoms with van der Waals surface area (Å²) in [4.78, 5) is 0.297. The van der Waals surface area contributed by atoms with Crippen LogP contribution in [-0.2, 0) is 0 Å². The lowest BCUT2D eigenvalue weighted by Crippen LogP contribution is -2.26. The molecular weight excluding hydrogens is 230 g/mol. The van der Waals surface area contributed by atoms with E-state index < -0.39 is 17.7 Å². The minimum atomic E-state index is -0.436. The van der Waals surface area contributed by atoms with Gasteiger partial charge in [-0.25, -0.2) is 8.78 Å². The van der Waals surface area contributed by atoms with Gasteiger partial charge in [0.2, 0.25) is 0 Å². The molecule has 0 heterocycles. The zero-order valence-electron chi connectivity index (χ0n) is 8.83. The van der Waals surface area contributed by atoms with Crippen molar-refractivity contribution in [3.8, 4) is 0 Å². The Bertz CT molecular complexity index is 370. The molecule has 0 aromatic heterocycles. The summed E-state index contributed by atoms with van der Waals surface area (Å²) in [5.41, 5.74) is 0. The number of aliphatic hydroxyl groups is 1. The summed E-state index contributed by atoms with van der Waals surface area (Å²) in [7, 11) is 0. The summed E-state index contributed by atoms with van der Waals surface area (Å²) in [6, 6.07) is 3.44. The maximum atomic E-state index is 13.4. The van der Waals surface area contributed by atoms with E-state index in [1.165, 1.54) is 17.8 Å². The normalized spacial score (nSPS) is 25.7. The summed E-state index contributed by atoms with van der Waals surface area (Å²) < 4.78 is 26.3. The van der Waals surface area contributed by atoms with E-state index in [9.17, 15) is 13.9 Å². The molecule has 1 aliphatic rings. The molecule has 0 saturated heterocycles. The fourth-order valence-electron chi connectivity index (χ4n) is 1.95. The van der Waals surface area contributed by atoms with Crippen LogP contribution in [0.2, 0.25) is 0 Å².